The van der Waals surface area contributed by atoms with Gasteiger partial charge in [0.2, 0.25) is 5.82 Å². The third-order valence-corrected chi connectivity index (χ3v) is 3.86. The van der Waals surface area contributed by atoms with Crippen LogP contribution in [0.3, 0.4) is 0 Å². The molecule has 0 heterocycles. The molecule has 1 unspecified atom stereocenters. The molecule has 0 saturated carbocycles. The predicted molar refractivity (Wildman–Crippen MR) is 78.1 cm³/mol. The molecule has 0 aliphatic carbocycles. The van der Waals surface area contributed by atoms with Crippen LogP contribution in [0, 0.1) is 35.0 Å². The number of benzene rings is 1. The van der Waals surface area contributed by atoms with Crippen molar-refractivity contribution < 1.29 is 31.5 Å². The van der Waals surface area contributed by atoms with E-state index >= 15 is 0 Å². The molecule has 24 heavy (non-hydrogen) atoms. The molecule has 0 N–H and O–H groups in total. The van der Waals surface area contributed by atoms with Crippen LogP contribution in [0.5, 0.6) is 0 Å². The van der Waals surface area contributed by atoms with E-state index in [0.29, 0.717) is 6.42 Å². The summed E-state index contributed by atoms with van der Waals surface area (Å²) in [5, 5.41) is 0. The van der Waals surface area contributed by atoms with Crippen molar-refractivity contribution in [2.75, 3.05) is 0 Å². The van der Waals surface area contributed by atoms with E-state index in [9.17, 15) is 31.5 Å². The first-order chi connectivity index (χ1) is 11.2. The van der Waals surface area contributed by atoms with Crippen LogP contribution in [-0.2, 0) is 4.79 Å². The van der Waals surface area contributed by atoms with Crippen LogP contribution in [0.4, 0.5) is 22.0 Å². The van der Waals surface area contributed by atoms with Crippen LogP contribution < -0.4 is 0 Å². The average molecular weight is 350 g/mol. The summed E-state index contributed by atoms with van der Waals surface area (Å²) < 4.78 is 66.5. The molecular weight excluding hydrogens is 331 g/mol. The van der Waals surface area contributed by atoms with Gasteiger partial charge in [-0.25, -0.2) is 22.0 Å². The molecule has 1 atom stereocenters. The molecule has 0 aliphatic heterocycles. The lowest BCUT2D eigenvalue weighted by Crippen LogP contribution is -2.24. The molecule has 0 saturated heterocycles. The highest BCUT2D eigenvalue weighted by Gasteiger charge is 2.33. The monoisotopic (exact) mass is 350 g/mol. The van der Waals surface area contributed by atoms with Crippen molar-refractivity contribution in [1.29, 1.82) is 0 Å². The maximum absolute atomic E-state index is 13.6. The highest BCUT2D eigenvalue weighted by molar-refractivity contribution is 6.10. The van der Waals surface area contributed by atoms with Crippen molar-refractivity contribution in [2.45, 2.75) is 52.4 Å². The van der Waals surface area contributed by atoms with Crippen LogP contribution in [0.15, 0.2) is 0 Å². The number of ketones is 2. The van der Waals surface area contributed by atoms with E-state index in [1.165, 1.54) is 0 Å². The van der Waals surface area contributed by atoms with E-state index in [1.54, 1.807) is 0 Å². The van der Waals surface area contributed by atoms with E-state index in [4.69, 9.17) is 0 Å². The minimum absolute atomic E-state index is 0.0199. The highest BCUT2D eigenvalue weighted by atomic mass is 19.2. The number of Topliss-reactive ketones (excluding diaryl/α,β-unsaturated/α-hetero) is 2. The summed E-state index contributed by atoms with van der Waals surface area (Å²) in [5.41, 5.74) is -1.56. The lowest BCUT2D eigenvalue weighted by Gasteiger charge is -2.12. The SMILES string of the molecule is CCCCCCCC(=O)C(C)C(=O)c1c(F)c(F)c(F)c(F)c1F. The summed E-state index contributed by atoms with van der Waals surface area (Å²) in [6.45, 7) is 3.13. The maximum atomic E-state index is 13.6. The molecule has 1 aromatic carbocycles. The smallest absolute Gasteiger partial charge is 0.200 e. The zero-order valence-electron chi connectivity index (χ0n) is 13.5. The van der Waals surface area contributed by atoms with Crippen molar-refractivity contribution in [3.8, 4) is 0 Å². The number of unbranched alkanes of at least 4 members (excludes halogenated alkanes) is 4. The van der Waals surface area contributed by atoms with Crippen LogP contribution in [-0.4, -0.2) is 11.6 Å². The minimum atomic E-state index is -2.34. The van der Waals surface area contributed by atoms with Gasteiger partial charge in [0.25, 0.3) is 0 Å². The Bertz CT molecular complexity index is 599. The van der Waals surface area contributed by atoms with Crippen molar-refractivity contribution in [2.24, 2.45) is 5.92 Å². The van der Waals surface area contributed by atoms with Gasteiger partial charge in [-0.2, -0.15) is 0 Å². The third-order valence-electron chi connectivity index (χ3n) is 3.86. The second-order valence-corrected chi connectivity index (χ2v) is 5.66. The van der Waals surface area contributed by atoms with Crippen LogP contribution >= 0.6 is 0 Å². The lowest BCUT2D eigenvalue weighted by atomic mass is 9.91. The second-order valence-electron chi connectivity index (χ2n) is 5.66. The summed E-state index contributed by atoms with van der Waals surface area (Å²) in [5.74, 6) is -14.6. The first-order valence-corrected chi connectivity index (χ1v) is 7.82. The summed E-state index contributed by atoms with van der Waals surface area (Å²) in [6.07, 6.45) is 4.24. The average Bonchev–Trinajstić information content (AvgIpc) is 2.57. The zero-order chi connectivity index (χ0) is 18.4. The highest BCUT2D eigenvalue weighted by Crippen LogP contribution is 2.26. The van der Waals surface area contributed by atoms with Crippen LogP contribution in [0.1, 0.15) is 62.7 Å². The van der Waals surface area contributed by atoms with E-state index < -0.39 is 52.1 Å². The Balaban J connectivity index is 2.88. The predicted octanol–water partition coefficient (Wildman–Crippen LogP) is 5.13. The third kappa shape index (κ3) is 4.39. The molecule has 0 spiro atoms. The standard InChI is InChI=1S/C17H19F5O2/c1-3-4-5-6-7-8-10(23)9(2)17(24)11-12(18)14(20)16(22)15(21)13(11)19/h9H,3-8H2,1-2H3. The van der Waals surface area contributed by atoms with Gasteiger partial charge in [-0.1, -0.05) is 32.6 Å². The first-order valence-electron chi connectivity index (χ1n) is 7.82. The normalized spacial score (nSPS) is 12.3. The Morgan fingerprint density at radius 1 is 0.792 bits per heavy atom. The fourth-order valence-corrected chi connectivity index (χ4v) is 2.30. The lowest BCUT2D eigenvalue weighted by molar-refractivity contribution is -0.121. The number of halogens is 5. The number of hydrogen-bond donors (Lipinski definition) is 0. The van der Waals surface area contributed by atoms with Gasteiger partial charge >= 0.3 is 0 Å². The zero-order valence-corrected chi connectivity index (χ0v) is 13.5. The summed E-state index contributed by atoms with van der Waals surface area (Å²) in [6, 6.07) is 0. The Morgan fingerprint density at radius 3 is 1.75 bits per heavy atom. The minimum Gasteiger partial charge on any atom is -0.299 e. The quantitative estimate of drug-likeness (QED) is 0.154. The number of carbonyl (C=O) groups excluding carboxylic acids is 2. The molecule has 0 aliphatic rings. The van der Waals surface area contributed by atoms with Gasteiger partial charge in [0.05, 0.1) is 11.5 Å². The number of hydrogen-bond acceptors (Lipinski definition) is 2. The molecule has 0 bridgehead atoms. The van der Waals surface area contributed by atoms with Crippen LogP contribution in [0.25, 0.3) is 0 Å². The Hall–Kier alpha value is -1.79. The van der Waals surface area contributed by atoms with Gasteiger partial charge in [-0.15, -0.1) is 0 Å². The van der Waals surface area contributed by atoms with Gasteiger partial charge < -0.3 is 0 Å². The molecule has 0 fully saturated rings. The Morgan fingerprint density at radius 2 is 1.25 bits per heavy atom. The van der Waals surface area contributed by atoms with Crippen molar-refractivity contribution in [3.63, 3.8) is 0 Å². The van der Waals surface area contributed by atoms with E-state index in [2.05, 4.69) is 0 Å². The van der Waals surface area contributed by atoms with Gasteiger partial charge in [0.1, 0.15) is 5.78 Å². The molecule has 1 aromatic rings. The topological polar surface area (TPSA) is 34.1 Å². The van der Waals surface area contributed by atoms with Gasteiger partial charge in [-0.05, 0) is 13.3 Å². The van der Waals surface area contributed by atoms with Crippen molar-refractivity contribution in [1.82, 2.24) is 0 Å². The molecular formula is C17H19F5O2. The molecule has 0 aromatic heterocycles. The Kier molecular flexibility index (Phi) is 7.51. The number of carbonyl (C=O) groups is 2. The first kappa shape index (κ1) is 20.3. The van der Waals surface area contributed by atoms with Gasteiger partial charge in [-0.3, -0.25) is 9.59 Å². The van der Waals surface area contributed by atoms with Gasteiger partial charge in [0.15, 0.2) is 29.1 Å². The van der Waals surface area contributed by atoms with E-state index in [1.807, 2.05) is 6.92 Å². The summed E-state index contributed by atoms with van der Waals surface area (Å²) in [4.78, 5) is 23.9. The molecule has 0 radical (unpaired) electrons. The summed E-state index contributed by atoms with van der Waals surface area (Å²) in [7, 11) is 0. The van der Waals surface area contributed by atoms with Gasteiger partial charge in [0, 0.05) is 6.42 Å². The van der Waals surface area contributed by atoms with Crippen molar-refractivity contribution in [3.05, 3.63) is 34.6 Å². The molecule has 134 valence electrons. The van der Waals surface area contributed by atoms with Crippen molar-refractivity contribution >= 4 is 11.6 Å². The fourth-order valence-electron chi connectivity index (χ4n) is 2.30. The molecule has 0 amide bonds. The molecule has 7 heteroatoms. The van der Waals surface area contributed by atoms with Crippen LogP contribution in [0.2, 0.25) is 0 Å². The molecule has 2 nitrogen and oxygen atoms in total. The second kappa shape index (κ2) is 8.89. The van der Waals surface area contributed by atoms with E-state index in [-0.39, 0.29) is 6.42 Å². The number of rotatable bonds is 9. The van der Waals surface area contributed by atoms with E-state index in [0.717, 1.165) is 32.6 Å². The Labute approximate surface area is 137 Å². The maximum Gasteiger partial charge on any atom is 0.200 e. The fraction of sp³-hybridized carbons (Fsp3) is 0.529. The largest absolute Gasteiger partial charge is 0.299 e. The summed E-state index contributed by atoms with van der Waals surface area (Å²) >= 11 is 0. The molecule has 1 rings (SSSR count).